The van der Waals surface area contributed by atoms with E-state index in [0.717, 1.165) is 16.3 Å². The SMILES string of the molecule is CC(C)(C)c1cc(-c2ccc(Cl)cc2)ns1. The number of aromatic nitrogens is 1. The first kappa shape index (κ1) is 11.6. The van der Waals surface area contributed by atoms with Gasteiger partial charge in [-0.25, -0.2) is 0 Å². The Hall–Kier alpha value is -0.860. The lowest BCUT2D eigenvalue weighted by molar-refractivity contribution is 0.604. The predicted octanol–water partition coefficient (Wildman–Crippen LogP) is 4.76. The van der Waals surface area contributed by atoms with E-state index in [1.807, 2.05) is 24.3 Å². The van der Waals surface area contributed by atoms with Gasteiger partial charge in [0.25, 0.3) is 0 Å². The second kappa shape index (κ2) is 4.19. The van der Waals surface area contributed by atoms with Gasteiger partial charge in [-0.1, -0.05) is 44.5 Å². The second-order valence-corrected chi connectivity index (χ2v) is 6.07. The van der Waals surface area contributed by atoms with Crippen molar-refractivity contribution in [3.8, 4) is 11.3 Å². The molecule has 2 rings (SSSR count). The minimum Gasteiger partial charge on any atom is -0.192 e. The number of hydrogen-bond donors (Lipinski definition) is 0. The Morgan fingerprint density at radius 3 is 2.25 bits per heavy atom. The molecule has 0 spiro atoms. The molecule has 16 heavy (non-hydrogen) atoms. The third kappa shape index (κ3) is 2.45. The highest BCUT2D eigenvalue weighted by molar-refractivity contribution is 7.06. The second-order valence-electron chi connectivity index (χ2n) is 4.83. The lowest BCUT2D eigenvalue weighted by Crippen LogP contribution is -2.07. The van der Waals surface area contributed by atoms with Gasteiger partial charge in [-0.05, 0) is 35.1 Å². The van der Waals surface area contributed by atoms with Gasteiger partial charge in [0.1, 0.15) is 0 Å². The molecule has 0 amide bonds. The van der Waals surface area contributed by atoms with Gasteiger partial charge in [0.2, 0.25) is 0 Å². The summed E-state index contributed by atoms with van der Waals surface area (Å²) in [5.41, 5.74) is 2.32. The predicted molar refractivity (Wildman–Crippen MR) is 71.3 cm³/mol. The van der Waals surface area contributed by atoms with Crippen molar-refractivity contribution in [2.75, 3.05) is 0 Å². The lowest BCUT2D eigenvalue weighted by atomic mass is 9.94. The molecule has 0 atom stereocenters. The fraction of sp³-hybridized carbons (Fsp3) is 0.308. The van der Waals surface area contributed by atoms with E-state index in [1.165, 1.54) is 4.88 Å². The Labute approximate surface area is 105 Å². The van der Waals surface area contributed by atoms with Crippen molar-refractivity contribution in [1.82, 2.24) is 4.37 Å². The van der Waals surface area contributed by atoms with Crippen molar-refractivity contribution in [3.05, 3.63) is 40.2 Å². The maximum atomic E-state index is 5.86. The zero-order valence-corrected chi connectivity index (χ0v) is 11.2. The van der Waals surface area contributed by atoms with Crippen LogP contribution in [0.15, 0.2) is 30.3 Å². The van der Waals surface area contributed by atoms with Gasteiger partial charge in [-0.3, -0.25) is 0 Å². The number of rotatable bonds is 1. The molecule has 2 aromatic rings. The van der Waals surface area contributed by atoms with Crippen molar-refractivity contribution in [2.24, 2.45) is 0 Å². The van der Waals surface area contributed by atoms with Crippen LogP contribution in [0.2, 0.25) is 5.02 Å². The van der Waals surface area contributed by atoms with E-state index in [2.05, 4.69) is 31.2 Å². The quantitative estimate of drug-likeness (QED) is 0.712. The van der Waals surface area contributed by atoms with Crippen molar-refractivity contribution >= 4 is 23.1 Å². The molecule has 0 aliphatic heterocycles. The summed E-state index contributed by atoms with van der Waals surface area (Å²) >= 11 is 7.43. The smallest absolute Gasteiger partial charge is 0.0843 e. The number of hydrogen-bond acceptors (Lipinski definition) is 2. The van der Waals surface area contributed by atoms with Crippen LogP contribution in [0.3, 0.4) is 0 Å². The van der Waals surface area contributed by atoms with E-state index in [9.17, 15) is 0 Å². The summed E-state index contributed by atoms with van der Waals surface area (Å²) in [5, 5.41) is 0.759. The van der Waals surface area contributed by atoms with Crippen molar-refractivity contribution in [3.63, 3.8) is 0 Å². The van der Waals surface area contributed by atoms with E-state index in [1.54, 1.807) is 11.5 Å². The van der Waals surface area contributed by atoms with E-state index in [4.69, 9.17) is 11.6 Å². The number of benzene rings is 1. The average Bonchev–Trinajstić information content (AvgIpc) is 2.67. The zero-order valence-electron chi connectivity index (χ0n) is 9.62. The summed E-state index contributed by atoms with van der Waals surface area (Å²) in [4.78, 5) is 1.30. The zero-order chi connectivity index (χ0) is 11.8. The van der Waals surface area contributed by atoms with E-state index in [-0.39, 0.29) is 5.41 Å². The summed E-state index contributed by atoms with van der Waals surface area (Å²) < 4.78 is 4.48. The van der Waals surface area contributed by atoms with Crippen molar-refractivity contribution in [1.29, 1.82) is 0 Å². The molecule has 0 saturated heterocycles. The van der Waals surface area contributed by atoms with E-state index < -0.39 is 0 Å². The Bertz CT molecular complexity index is 479. The first-order valence-electron chi connectivity index (χ1n) is 5.20. The van der Waals surface area contributed by atoms with Gasteiger partial charge in [-0.2, -0.15) is 4.37 Å². The molecule has 1 heterocycles. The van der Waals surface area contributed by atoms with Crippen LogP contribution < -0.4 is 0 Å². The summed E-state index contributed by atoms with van der Waals surface area (Å²) in [6.07, 6.45) is 0. The molecular weight excluding hydrogens is 238 g/mol. The van der Waals surface area contributed by atoms with Crippen molar-refractivity contribution < 1.29 is 0 Å². The highest BCUT2D eigenvalue weighted by Crippen LogP contribution is 2.30. The summed E-state index contributed by atoms with van der Waals surface area (Å²) in [5.74, 6) is 0. The summed E-state index contributed by atoms with van der Waals surface area (Å²) in [6, 6.07) is 9.96. The average molecular weight is 252 g/mol. The fourth-order valence-electron chi connectivity index (χ4n) is 1.39. The molecule has 1 aromatic heterocycles. The van der Waals surface area contributed by atoms with Crippen LogP contribution in [0, 0.1) is 0 Å². The van der Waals surface area contributed by atoms with Gasteiger partial charge in [0.15, 0.2) is 0 Å². The molecule has 0 radical (unpaired) electrons. The van der Waals surface area contributed by atoms with Crippen molar-refractivity contribution in [2.45, 2.75) is 26.2 Å². The molecule has 0 bridgehead atoms. The normalized spacial score (nSPS) is 11.8. The molecular formula is C13H14ClNS. The minimum absolute atomic E-state index is 0.169. The maximum Gasteiger partial charge on any atom is 0.0843 e. The lowest BCUT2D eigenvalue weighted by Gasteiger charge is -2.14. The molecule has 0 N–H and O–H groups in total. The molecule has 0 aliphatic rings. The first-order valence-corrected chi connectivity index (χ1v) is 6.35. The Kier molecular flexibility index (Phi) is 3.04. The molecule has 3 heteroatoms. The number of nitrogens with zero attached hydrogens (tertiary/aromatic N) is 1. The monoisotopic (exact) mass is 251 g/mol. The van der Waals surface area contributed by atoms with E-state index >= 15 is 0 Å². The third-order valence-electron chi connectivity index (χ3n) is 2.39. The number of halogens is 1. The molecule has 1 nitrogen and oxygen atoms in total. The summed E-state index contributed by atoms with van der Waals surface area (Å²) in [6.45, 7) is 6.60. The third-order valence-corrected chi connectivity index (χ3v) is 3.86. The van der Waals surface area contributed by atoms with Crippen LogP contribution in [-0.4, -0.2) is 4.37 Å². The van der Waals surface area contributed by atoms with Crippen LogP contribution in [0.4, 0.5) is 0 Å². The van der Waals surface area contributed by atoms with Gasteiger partial charge < -0.3 is 0 Å². The van der Waals surface area contributed by atoms with Crippen LogP contribution in [0.25, 0.3) is 11.3 Å². The highest BCUT2D eigenvalue weighted by atomic mass is 35.5. The fourth-order valence-corrected chi connectivity index (χ4v) is 2.30. The van der Waals surface area contributed by atoms with Crippen LogP contribution in [0.1, 0.15) is 25.6 Å². The standard InChI is InChI=1S/C13H14ClNS/c1-13(2,3)12-8-11(15-16-12)9-4-6-10(14)7-5-9/h4-8H,1-3H3. The van der Waals surface area contributed by atoms with Gasteiger partial charge in [-0.15, -0.1) is 0 Å². The van der Waals surface area contributed by atoms with Gasteiger partial charge in [0, 0.05) is 15.5 Å². The molecule has 0 saturated carbocycles. The van der Waals surface area contributed by atoms with E-state index in [0.29, 0.717) is 0 Å². The Morgan fingerprint density at radius 1 is 1.12 bits per heavy atom. The van der Waals surface area contributed by atoms with Crippen LogP contribution >= 0.6 is 23.1 Å². The first-order chi connectivity index (χ1) is 7.47. The molecule has 1 aromatic carbocycles. The Balaban J connectivity index is 2.35. The maximum absolute atomic E-state index is 5.86. The Morgan fingerprint density at radius 2 is 1.75 bits per heavy atom. The molecule has 0 aliphatic carbocycles. The molecule has 0 fully saturated rings. The van der Waals surface area contributed by atoms with Gasteiger partial charge in [0.05, 0.1) is 5.69 Å². The van der Waals surface area contributed by atoms with Crippen LogP contribution in [-0.2, 0) is 5.41 Å². The highest BCUT2D eigenvalue weighted by Gasteiger charge is 2.17. The largest absolute Gasteiger partial charge is 0.192 e. The topological polar surface area (TPSA) is 12.9 Å². The summed E-state index contributed by atoms with van der Waals surface area (Å²) in [7, 11) is 0. The van der Waals surface area contributed by atoms with Gasteiger partial charge >= 0.3 is 0 Å². The van der Waals surface area contributed by atoms with Crippen LogP contribution in [0.5, 0.6) is 0 Å². The molecule has 84 valence electrons. The minimum atomic E-state index is 0.169. The molecule has 0 unspecified atom stereocenters.